The predicted molar refractivity (Wildman–Crippen MR) is 199 cm³/mol. The molecule has 2 unspecified atom stereocenters. The van der Waals surface area contributed by atoms with E-state index in [0.717, 1.165) is 77.0 Å². The number of phosphoric ester groups is 1. The van der Waals surface area contributed by atoms with Gasteiger partial charge in [-0.15, -0.1) is 0 Å². The number of carbonyl (C=O) groups excluding carboxylic acids is 2. The summed E-state index contributed by atoms with van der Waals surface area (Å²) >= 11 is 0. The van der Waals surface area contributed by atoms with Gasteiger partial charge in [0, 0.05) is 12.8 Å². The molecule has 0 saturated heterocycles. The molecule has 0 amide bonds. The second kappa shape index (κ2) is 31.7. The van der Waals surface area contributed by atoms with Crippen LogP contribution in [-0.2, 0) is 32.7 Å². The maximum atomic E-state index is 12.6. The van der Waals surface area contributed by atoms with Gasteiger partial charge in [-0.2, -0.15) is 0 Å². The number of nitrogens with zero attached hydrogens (tertiary/aromatic N) is 1. The van der Waals surface area contributed by atoms with Crippen molar-refractivity contribution in [3.05, 3.63) is 60.8 Å². The quantitative estimate of drug-likeness (QED) is 0.0224. The molecule has 0 spiro atoms. The van der Waals surface area contributed by atoms with Crippen molar-refractivity contribution < 1.29 is 42.1 Å². The maximum Gasteiger partial charge on any atom is 0.306 e. The summed E-state index contributed by atoms with van der Waals surface area (Å²) in [6.07, 6.45) is 35.5. The Balaban J connectivity index is 4.56. The average Bonchev–Trinajstić information content (AvgIpc) is 3.04. The highest BCUT2D eigenvalue weighted by Gasteiger charge is 2.21. The van der Waals surface area contributed by atoms with Crippen molar-refractivity contribution in [3.8, 4) is 0 Å². The van der Waals surface area contributed by atoms with Crippen LogP contribution in [0.25, 0.3) is 0 Å². The lowest BCUT2D eigenvalue weighted by Crippen LogP contribution is -2.37. The minimum atomic E-state index is -4.63. The van der Waals surface area contributed by atoms with Crippen LogP contribution in [0.5, 0.6) is 0 Å². The molecule has 9 nitrogen and oxygen atoms in total. The van der Waals surface area contributed by atoms with Crippen molar-refractivity contribution in [1.82, 2.24) is 0 Å². The molecule has 2 atom stereocenters. The Hall–Kier alpha value is -2.29. The fourth-order valence-electron chi connectivity index (χ4n) is 4.35. The first-order chi connectivity index (χ1) is 23.5. The number of rotatable bonds is 32. The molecule has 0 aromatic rings. The number of hydrogen-bond donors (Lipinski definition) is 0. The highest BCUT2D eigenvalue weighted by molar-refractivity contribution is 7.45. The van der Waals surface area contributed by atoms with E-state index < -0.39 is 32.5 Å². The molecule has 0 N–H and O–H groups in total. The summed E-state index contributed by atoms with van der Waals surface area (Å²) in [4.78, 5) is 37.2. The monoisotopic (exact) mass is 709 g/mol. The number of hydrogen-bond acceptors (Lipinski definition) is 8. The largest absolute Gasteiger partial charge is 0.756 e. The van der Waals surface area contributed by atoms with Crippen molar-refractivity contribution in [1.29, 1.82) is 0 Å². The van der Waals surface area contributed by atoms with E-state index in [4.69, 9.17) is 18.5 Å². The summed E-state index contributed by atoms with van der Waals surface area (Å²) < 4.78 is 33.6. The van der Waals surface area contributed by atoms with Crippen molar-refractivity contribution in [2.45, 2.75) is 129 Å². The molecular formula is C39H68NO8P. The minimum absolute atomic E-state index is 0.0431. The van der Waals surface area contributed by atoms with Crippen LogP contribution in [0, 0.1) is 0 Å². The Bertz CT molecular complexity index is 1030. The van der Waals surface area contributed by atoms with E-state index in [-0.39, 0.29) is 26.1 Å². The Morgan fingerprint density at radius 1 is 0.653 bits per heavy atom. The first kappa shape index (κ1) is 46.7. The van der Waals surface area contributed by atoms with Gasteiger partial charge in [-0.25, -0.2) is 0 Å². The number of unbranched alkanes of at least 4 members (excludes halogenated alkanes) is 8. The zero-order valence-electron chi connectivity index (χ0n) is 31.4. The van der Waals surface area contributed by atoms with Crippen LogP contribution in [0.1, 0.15) is 123 Å². The van der Waals surface area contributed by atoms with Gasteiger partial charge in [-0.05, 0) is 70.6 Å². The summed E-state index contributed by atoms with van der Waals surface area (Å²) in [6, 6.07) is 0. The summed E-state index contributed by atoms with van der Waals surface area (Å²) in [5, 5.41) is 0. The normalized spacial score (nSPS) is 14.5. The van der Waals surface area contributed by atoms with Crippen LogP contribution in [0.2, 0.25) is 0 Å². The third-order valence-corrected chi connectivity index (χ3v) is 8.22. The lowest BCUT2D eigenvalue weighted by atomic mass is 10.1. The van der Waals surface area contributed by atoms with E-state index in [1.165, 1.54) is 6.42 Å². The number of esters is 2. The van der Waals surface area contributed by atoms with Gasteiger partial charge >= 0.3 is 11.9 Å². The van der Waals surface area contributed by atoms with E-state index in [0.29, 0.717) is 23.9 Å². The van der Waals surface area contributed by atoms with Crippen molar-refractivity contribution in [2.75, 3.05) is 47.5 Å². The Kier molecular flexibility index (Phi) is 30.2. The van der Waals surface area contributed by atoms with Crippen LogP contribution in [0.15, 0.2) is 60.8 Å². The van der Waals surface area contributed by atoms with E-state index in [9.17, 15) is 19.0 Å². The standard InChI is InChI=1S/C39H68NO8P/c1-6-8-10-12-14-16-18-19-20-21-22-24-26-28-30-32-39(42)48-37(36-47-49(43,44)46-34-33-40(3,4)5)35-45-38(41)31-29-27-25-23-17-15-13-11-9-7-2/h8,10-11,13-14,16,19-20,22,24,37H,6-7,9,12,15,17-18,21,23,25-36H2,1-5H3/b10-8-,13-11-,16-14-,20-19-,24-22-. The van der Waals surface area contributed by atoms with Gasteiger partial charge in [0.2, 0.25) is 0 Å². The highest BCUT2D eigenvalue weighted by atomic mass is 31.2. The van der Waals surface area contributed by atoms with Crippen molar-refractivity contribution in [2.24, 2.45) is 0 Å². The van der Waals surface area contributed by atoms with Crippen LogP contribution < -0.4 is 4.89 Å². The molecule has 0 aliphatic rings. The third-order valence-electron chi connectivity index (χ3n) is 7.25. The molecule has 0 aliphatic heterocycles. The molecule has 49 heavy (non-hydrogen) atoms. The number of allylic oxidation sites excluding steroid dienone is 10. The molecular weight excluding hydrogens is 641 g/mol. The van der Waals surface area contributed by atoms with E-state index in [1.807, 2.05) is 21.1 Å². The molecule has 0 rings (SSSR count). The summed E-state index contributed by atoms with van der Waals surface area (Å²) in [7, 11) is 1.12. The zero-order chi connectivity index (χ0) is 36.5. The number of phosphoric acid groups is 1. The SMILES string of the molecule is CC/C=C\C/C=C\C/C=C\C/C=C\CCCCC(=O)OC(COC(=O)CCCCCCC/C=C\CCC)COP(=O)([O-])OCC[N+](C)(C)C. The fraction of sp³-hybridized carbons (Fsp3) is 0.692. The van der Waals surface area contributed by atoms with Gasteiger partial charge in [0.1, 0.15) is 19.8 Å². The summed E-state index contributed by atoms with van der Waals surface area (Å²) in [5.74, 6) is -0.906. The fourth-order valence-corrected chi connectivity index (χ4v) is 5.08. The Morgan fingerprint density at radius 3 is 1.80 bits per heavy atom. The second-order valence-corrected chi connectivity index (χ2v) is 14.6. The molecule has 0 saturated carbocycles. The predicted octanol–water partition coefficient (Wildman–Crippen LogP) is 9.10. The first-order valence-corrected chi connectivity index (χ1v) is 20.0. The van der Waals surface area contributed by atoms with Crippen LogP contribution in [0.4, 0.5) is 0 Å². The molecule has 0 bridgehead atoms. The van der Waals surface area contributed by atoms with E-state index in [2.05, 4.69) is 74.6 Å². The first-order valence-electron chi connectivity index (χ1n) is 18.5. The third kappa shape index (κ3) is 35.3. The van der Waals surface area contributed by atoms with Gasteiger partial charge in [0.15, 0.2) is 6.10 Å². The van der Waals surface area contributed by atoms with Crippen molar-refractivity contribution in [3.63, 3.8) is 0 Å². The average molecular weight is 710 g/mol. The Labute approximate surface area is 298 Å². The number of quaternary nitrogens is 1. The van der Waals surface area contributed by atoms with E-state index >= 15 is 0 Å². The molecule has 0 heterocycles. The molecule has 0 aromatic heterocycles. The lowest BCUT2D eigenvalue weighted by molar-refractivity contribution is -0.870. The molecule has 0 aliphatic carbocycles. The number of ether oxygens (including phenoxy) is 2. The lowest BCUT2D eigenvalue weighted by Gasteiger charge is -2.28. The number of carbonyl (C=O) groups is 2. The zero-order valence-corrected chi connectivity index (χ0v) is 32.3. The molecule has 282 valence electrons. The van der Waals surface area contributed by atoms with Crippen LogP contribution >= 0.6 is 7.82 Å². The molecule has 0 aromatic carbocycles. The molecule has 10 heteroatoms. The maximum absolute atomic E-state index is 12.6. The topological polar surface area (TPSA) is 111 Å². The second-order valence-electron chi connectivity index (χ2n) is 13.2. The van der Waals surface area contributed by atoms with Crippen LogP contribution in [0.3, 0.4) is 0 Å². The summed E-state index contributed by atoms with van der Waals surface area (Å²) in [5.41, 5.74) is 0. The van der Waals surface area contributed by atoms with Gasteiger partial charge in [-0.1, -0.05) is 100 Å². The van der Waals surface area contributed by atoms with E-state index in [1.54, 1.807) is 0 Å². The molecule has 0 radical (unpaired) electrons. The molecule has 0 fully saturated rings. The minimum Gasteiger partial charge on any atom is -0.756 e. The Morgan fingerprint density at radius 2 is 1.16 bits per heavy atom. The van der Waals surface area contributed by atoms with Crippen molar-refractivity contribution >= 4 is 19.8 Å². The van der Waals surface area contributed by atoms with Crippen LogP contribution in [-0.4, -0.2) is 70.0 Å². The van der Waals surface area contributed by atoms with Gasteiger partial charge in [-0.3, -0.25) is 14.2 Å². The van der Waals surface area contributed by atoms with Gasteiger partial charge in [0.05, 0.1) is 27.7 Å². The van der Waals surface area contributed by atoms with Gasteiger partial charge in [0.25, 0.3) is 7.82 Å². The van der Waals surface area contributed by atoms with Gasteiger partial charge < -0.3 is 27.9 Å². The number of likely N-dealkylation sites (N-methyl/N-ethyl adjacent to an activating group) is 1. The highest BCUT2D eigenvalue weighted by Crippen LogP contribution is 2.38. The summed E-state index contributed by atoms with van der Waals surface area (Å²) in [6.45, 7) is 3.95. The smallest absolute Gasteiger partial charge is 0.306 e.